The molecule has 1 rings (SSSR count). The van der Waals surface area contributed by atoms with E-state index in [0.717, 1.165) is 0 Å². The van der Waals surface area contributed by atoms with E-state index in [9.17, 15) is 15.3 Å². The van der Waals surface area contributed by atoms with Crippen molar-refractivity contribution < 1.29 is 34.6 Å². The highest BCUT2D eigenvalue weighted by Crippen LogP contribution is 2.19. The van der Waals surface area contributed by atoms with Gasteiger partial charge in [-0.1, -0.05) is 13.8 Å². The quantitative estimate of drug-likeness (QED) is 0.378. The predicted octanol–water partition coefficient (Wildman–Crippen LogP) is 0.175. The van der Waals surface area contributed by atoms with Crippen LogP contribution in [0.15, 0.2) is 24.3 Å². The van der Waals surface area contributed by atoms with Crippen LogP contribution in [-0.4, -0.2) is 65.0 Å². The SMILES string of the molecule is CC.CC(O)C(CO)OC(OCCN)[C@H](O)Oc1ccc(O)cc1. The first-order valence-electron chi connectivity index (χ1n) is 7.87. The van der Waals surface area contributed by atoms with Crippen molar-refractivity contribution >= 4 is 0 Å². The van der Waals surface area contributed by atoms with Crippen LogP contribution in [0.2, 0.25) is 0 Å². The summed E-state index contributed by atoms with van der Waals surface area (Å²) in [5.74, 6) is 0.344. The molecule has 3 unspecified atom stereocenters. The number of rotatable bonds is 10. The molecule has 140 valence electrons. The van der Waals surface area contributed by atoms with Crippen LogP contribution in [-0.2, 0) is 9.47 Å². The lowest BCUT2D eigenvalue weighted by molar-refractivity contribution is -0.272. The molecule has 0 heterocycles. The standard InChI is InChI=1S/C14H23NO7.C2H6/c1-9(17)12(8-16)22-14(20-7-6-15)13(19)21-11-4-2-10(18)3-5-11;1-2/h2-5,9,12-14,16-19H,6-8,15H2,1H3;1-2H3/t9?,12?,13-,14?;/m1./s1. The molecule has 0 saturated heterocycles. The largest absolute Gasteiger partial charge is 0.508 e. The Morgan fingerprint density at radius 1 is 1.12 bits per heavy atom. The first-order chi connectivity index (χ1) is 11.5. The van der Waals surface area contributed by atoms with Crippen LogP contribution >= 0.6 is 0 Å². The second kappa shape index (κ2) is 12.9. The number of aliphatic hydroxyl groups is 3. The van der Waals surface area contributed by atoms with E-state index in [-0.39, 0.29) is 24.7 Å². The van der Waals surface area contributed by atoms with Crippen molar-refractivity contribution in [1.29, 1.82) is 0 Å². The van der Waals surface area contributed by atoms with E-state index < -0.39 is 31.4 Å². The van der Waals surface area contributed by atoms with E-state index in [0.29, 0.717) is 0 Å². The van der Waals surface area contributed by atoms with Gasteiger partial charge in [0, 0.05) is 6.54 Å². The molecule has 0 radical (unpaired) electrons. The van der Waals surface area contributed by atoms with E-state index in [1.807, 2.05) is 13.8 Å². The number of hydrogen-bond donors (Lipinski definition) is 5. The Morgan fingerprint density at radius 2 is 1.71 bits per heavy atom. The van der Waals surface area contributed by atoms with Gasteiger partial charge in [0.2, 0.25) is 12.6 Å². The van der Waals surface area contributed by atoms with Gasteiger partial charge in [-0.15, -0.1) is 0 Å². The Kier molecular flexibility index (Phi) is 12.2. The van der Waals surface area contributed by atoms with Gasteiger partial charge in [0.1, 0.15) is 17.6 Å². The number of aromatic hydroxyl groups is 1. The third kappa shape index (κ3) is 8.44. The summed E-state index contributed by atoms with van der Waals surface area (Å²) in [6, 6.07) is 5.70. The summed E-state index contributed by atoms with van der Waals surface area (Å²) in [4.78, 5) is 0. The molecule has 0 aromatic heterocycles. The summed E-state index contributed by atoms with van der Waals surface area (Å²) >= 11 is 0. The van der Waals surface area contributed by atoms with Gasteiger partial charge in [0.05, 0.1) is 19.3 Å². The average Bonchev–Trinajstić information content (AvgIpc) is 2.58. The summed E-state index contributed by atoms with van der Waals surface area (Å²) < 4.78 is 15.8. The molecule has 0 aliphatic heterocycles. The topological polar surface area (TPSA) is 135 Å². The fourth-order valence-electron chi connectivity index (χ4n) is 1.57. The van der Waals surface area contributed by atoms with Crippen molar-refractivity contribution in [2.24, 2.45) is 5.73 Å². The smallest absolute Gasteiger partial charge is 0.249 e. The van der Waals surface area contributed by atoms with Gasteiger partial charge in [0.25, 0.3) is 0 Å². The summed E-state index contributed by atoms with van der Waals surface area (Å²) in [5, 5.41) is 37.9. The van der Waals surface area contributed by atoms with Gasteiger partial charge in [0.15, 0.2) is 0 Å². The third-order valence-electron chi connectivity index (χ3n) is 2.75. The van der Waals surface area contributed by atoms with Crippen molar-refractivity contribution in [2.75, 3.05) is 19.8 Å². The summed E-state index contributed by atoms with van der Waals surface area (Å²) in [5.41, 5.74) is 5.34. The van der Waals surface area contributed by atoms with Gasteiger partial charge in [-0.2, -0.15) is 0 Å². The number of ether oxygens (including phenoxy) is 3. The molecule has 4 atom stereocenters. The highest BCUT2D eigenvalue weighted by molar-refractivity contribution is 5.30. The maximum atomic E-state index is 10.0. The van der Waals surface area contributed by atoms with Gasteiger partial charge >= 0.3 is 0 Å². The molecule has 0 aliphatic rings. The monoisotopic (exact) mass is 347 g/mol. The molecular formula is C16H29NO7. The van der Waals surface area contributed by atoms with Crippen LogP contribution in [0, 0.1) is 0 Å². The number of benzene rings is 1. The van der Waals surface area contributed by atoms with Gasteiger partial charge in [-0.3, -0.25) is 0 Å². The Morgan fingerprint density at radius 3 is 2.17 bits per heavy atom. The maximum absolute atomic E-state index is 10.0. The summed E-state index contributed by atoms with van der Waals surface area (Å²) in [6.07, 6.45) is -4.66. The van der Waals surface area contributed by atoms with Crippen LogP contribution in [0.3, 0.4) is 0 Å². The van der Waals surface area contributed by atoms with Crippen LogP contribution in [0.5, 0.6) is 11.5 Å². The molecule has 1 aromatic rings. The highest BCUT2D eigenvalue weighted by atomic mass is 16.7. The normalized spacial score (nSPS) is 15.6. The molecule has 0 spiro atoms. The lowest BCUT2D eigenvalue weighted by Gasteiger charge is -2.28. The van der Waals surface area contributed by atoms with Crippen molar-refractivity contribution in [3.63, 3.8) is 0 Å². The second-order valence-corrected chi connectivity index (χ2v) is 4.63. The van der Waals surface area contributed by atoms with E-state index >= 15 is 0 Å². The van der Waals surface area contributed by atoms with E-state index in [1.54, 1.807) is 0 Å². The molecule has 24 heavy (non-hydrogen) atoms. The molecule has 8 nitrogen and oxygen atoms in total. The number of phenols is 1. The zero-order chi connectivity index (χ0) is 18.5. The minimum absolute atomic E-state index is 0.0588. The van der Waals surface area contributed by atoms with Crippen molar-refractivity contribution in [2.45, 2.75) is 45.6 Å². The molecule has 8 heteroatoms. The van der Waals surface area contributed by atoms with Gasteiger partial charge in [-0.05, 0) is 31.2 Å². The molecule has 0 fully saturated rings. The molecule has 0 amide bonds. The Balaban J connectivity index is 0.00000254. The molecular weight excluding hydrogens is 318 g/mol. The molecule has 0 saturated carbocycles. The number of aliphatic hydroxyl groups excluding tert-OH is 3. The fourth-order valence-corrected chi connectivity index (χ4v) is 1.57. The van der Waals surface area contributed by atoms with Crippen LogP contribution < -0.4 is 10.5 Å². The fraction of sp³-hybridized carbons (Fsp3) is 0.625. The second-order valence-electron chi connectivity index (χ2n) is 4.63. The number of phenolic OH excluding ortho intramolecular Hbond substituents is 1. The maximum Gasteiger partial charge on any atom is 0.249 e. The van der Waals surface area contributed by atoms with E-state index in [1.165, 1.54) is 31.2 Å². The Bertz CT molecular complexity index is 413. The van der Waals surface area contributed by atoms with Crippen LogP contribution in [0.4, 0.5) is 0 Å². The Labute approximate surface area is 142 Å². The van der Waals surface area contributed by atoms with Gasteiger partial charge < -0.3 is 40.4 Å². The summed E-state index contributed by atoms with van der Waals surface area (Å²) in [6.45, 7) is 5.28. The van der Waals surface area contributed by atoms with Crippen molar-refractivity contribution in [3.8, 4) is 11.5 Å². The average molecular weight is 347 g/mol. The lowest BCUT2D eigenvalue weighted by Crippen LogP contribution is -2.43. The first kappa shape index (κ1) is 22.6. The first-order valence-corrected chi connectivity index (χ1v) is 7.87. The minimum atomic E-state index is -1.51. The zero-order valence-corrected chi connectivity index (χ0v) is 14.3. The molecule has 1 aromatic carbocycles. The van der Waals surface area contributed by atoms with E-state index in [4.69, 9.17) is 25.1 Å². The van der Waals surface area contributed by atoms with Crippen molar-refractivity contribution in [3.05, 3.63) is 24.3 Å². The summed E-state index contributed by atoms with van der Waals surface area (Å²) in [7, 11) is 0. The van der Waals surface area contributed by atoms with Crippen molar-refractivity contribution in [1.82, 2.24) is 0 Å². The molecule has 0 bridgehead atoms. The minimum Gasteiger partial charge on any atom is -0.508 e. The third-order valence-corrected chi connectivity index (χ3v) is 2.75. The highest BCUT2D eigenvalue weighted by Gasteiger charge is 2.28. The molecule has 0 aliphatic carbocycles. The zero-order valence-electron chi connectivity index (χ0n) is 14.3. The van der Waals surface area contributed by atoms with Crippen LogP contribution in [0.25, 0.3) is 0 Å². The van der Waals surface area contributed by atoms with Gasteiger partial charge in [-0.25, -0.2) is 0 Å². The van der Waals surface area contributed by atoms with E-state index in [2.05, 4.69) is 0 Å². The number of hydrogen-bond acceptors (Lipinski definition) is 8. The number of nitrogens with two attached hydrogens (primary N) is 1. The Hall–Kier alpha value is -1.42. The molecule has 6 N–H and O–H groups in total. The van der Waals surface area contributed by atoms with Crippen LogP contribution in [0.1, 0.15) is 20.8 Å². The predicted molar refractivity (Wildman–Crippen MR) is 88.5 cm³/mol. The lowest BCUT2D eigenvalue weighted by atomic mass is 10.2.